The minimum atomic E-state index is -0.560. The molecule has 2 N–H and O–H groups in total. The molecule has 1 aliphatic heterocycles. The van der Waals surface area contributed by atoms with Crippen LogP contribution in [-0.2, 0) is 28.9 Å². The molecule has 2 heterocycles. The summed E-state index contributed by atoms with van der Waals surface area (Å²) in [7, 11) is 0. The molecule has 1 fully saturated rings. The SMILES string of the molecule is CCc1cc(CC(=O)C2(C)COCC2N)n(CC)n1. The molecule has 0 aliphatic carbocycles. The van der Waals surface area contributed by atoms with Crippen LogP contribution in [0.15, 0.2) is 6.07 Å². The highest BCUT2D eigenvalue weighted by atomic mass is 16.5. The van der Waals surface area contributed by atoms with Crippen LogP contribution < -0.4 is 5.73 Å². The van der Waals surface area contributed by atoms with Gasteiger partial charge in [0.1, 0.15) is 5.78 Å². The van der Waals surface area contributed by atoms with E-state index in [1.807, 2.05) is 24.6 Å². The highest BCUT2D eigenvalue weighted by Crippen LogP contribution is 2.29. The summed E-state index contributed by atoms with van der Waals surface area (Å²) in [6.45, 7) is 7.67. The third-order valence-electron chi connectivity index (χ3n) is 4.07. The molecule has 19 heavy (non-hydrogen) atoms. The number of rotatable bonds is 5. The Morgan fingerprint density at radius 3 is 2.89 bits per heavy atom. The lowest BCUT2D eigenvalue weighted by molar-refractivity contribution is -0.127. The van der Waals surface area contributed by atoms with Crippen LogP contribution in [0.2, 0.25) is 0 Å². The van der Waals surface area contributed by atoms with Crippen LogP contribution in [0.25, 0.3) is 0 Å². The highest BCUT2D eigenvalue weighted by Gasteiger charge is 2.43. The van der Waals surface area contributed by atoms with Gasteiger partial charge in [-0.15, -0.1) is 0 Å². The Morgan fingerprint density at radius 1 is 1.63 bits per heavy atom. The summed E-state index contributed by atoms with van der Waals surface area (Å²) in [6.07, 6.45) is 1.27. The molecule has 5 nitrogen and oxygen atoms in total. The summed E-state index contributed by atoms with van der Waals surface area (Å²) < 4.78 is 7.25. The first kappa shape index (κ1) is 14.2. The second-order valence-corrected chi connectivity index (χ2v) is 5.44. The third-order valence-corrected chi connectivity index (χ3v) is 4.07. The van der Waals surface area contributed by atoms with Crippen molar-refractivity contribution in [3.05, 3.63) is 17.5 Å². The molecule has 0 spiro atoms. The fourth-order valence-corrected chi connectivity index (χ4v) is 2.45. The van der Waals surface area contributed by atoms with Gasteiger partial charge in [0.2, 0.25) is 0 Å². The summed E-state index contributed by atoms with van der Waals surface area (Å²) in [4.78, 5) is 12.5. The van der Waals surface area contributed by atoms with E-state index in [2.05, 4.69) is 12.0 Å². The number of ether oxygens (including phenoxy) is 1. The van der Waals surface area contributed by atoms with E-state index in [9.17, 15) is 4.79 Å². The molecule has 2 unspecified atom stereocenters. The molecule has 106 valence electrons. The quantitative estimate of drug-likeness (QED) is 0.860. The lowest BCUT2D eigenvalue weighted by Crippen LogP contribution is -2.45. The lowest BCUT2D eigenvalue weighted by atomic mass is 9.79. The number of ketones is 1. The average Bonchev–Trinajstić information content (AvgIpc) is 2.94. The topological polar surface area (TPSA) is 70.1 Å². The van der Waals surface area contributed by atoms with Crippen LogP contribution in [0, 0.1) is 5.41 Å². The average molecular weight is 265 g/mol. The molecule has 0 aromatic carbocycles. The van der Waals surface area contributed by atoms with E-state index in [-0.39, 0.29) is 11.8 Å². The van der Waals surface area contributed by atoms with Crippen molar-refractivity contribution in [1.29, 1.82) is 0 Å². The van der Waals surface area contributed by atoms with Crippen LogP contribution in [0.4, 0.5) is 0 Å². The molecule has 1 saturated heterocycles. The van der Waals surface area contributed by atoms with Crippen molar-refractivity contribution in [2.75, 3.05) is 13.2 Å². The summed E-state index contributed by atoms with van der Waals surface area (Å²) in [6, 6.07) is 1.81. The Kier molecular flexibility index (Phi) is 4.06. The van der Waals surface area contributed by atoms with Gasteiger partial charge in [-0.2, -0.15) is 5.10 Å². The Hall–Kier alpha value is -1.20. The van der Waals surface area contributed by atoms with Crippen molar-refractivity contribution in [2.45, 2.75) is 46.2 Å². The number of Topliss-reactive ketones (excluding diaryl/α,β-unsaturated/α-hetero) is 1. The second-order valence-electron chi connectivity index (χ2n) is 5.44. The number of nitrogens with zero attached hydrogens (tertiary/aromatic N) is 2. The molecule has 1 aromatic rings. The number of nitrogens with two attached hydrogens (primary N) is 1. The number of aromatic nitrogens is 2. The normalized spacial score (nSPS) is 26.8. The van der Waals surface area contributed by atoms with Gasteiger partial charge in [0.25, 0.3) is 0 Å². The molecule has 2 rings (SSSR count). The van der Waals surface area contributed by atoms with Crippen molar-refractivity contribution in [2.24, 2.45) is 11.1 Å². The minimum Gasteiger partial charge on any atom is -0.379 e. The number of carbonyl (C=O) groups is 1. The Labute approximate surface area is 114 Å². The summed E-state index contributed by atoms with van der Waals surface area (Å²) in [5, 5.41) is 4.47. The van der Waals surface area contributed by atoms with Crippen LogP contribution >= 0.6 is 0 Å². The monoisotopic (exact) mass is 265 g/mol. The molecule has 0 radical (unpaired) electrons. The summed E-state index contributed by atoms with van der Waals surface area (Å²) in [5.74, 6) is 0.148. The van der Waals surface area contributed by atoms with Crippen molar-refractivity contribution in [3.63, 3.8) is 0 Å². The Balaban J connectivity index is 2.16. The van der Waals surface area contributed by atoms with Gasteiger partial charge in [-0.1, -0.05) is 6.92 Å². The zero-order chi connectivity index (χ0) is 14.0. The smallest absolute Gasteiger partial charge is 0.148 e. The fraction of sp³-hybridized carbons (Fsp3) is 0.714. The van der Waals surface area contributed by atoms with Gasteiger partial charge in [-0.25, -0.2) is 0 Å². The van der Waals surface area contributed by atoms with E-state index in [4.69, 9.17) is 10.5 Å². The zero-order valence-electron chi connectivity index (χ0n) is 12.0. The first-order valence-electron chi connectivity index (χ1n) is 6.93. The fourth-order valence-electron chi connectivity index (χ4n) is 2.45. The van der Waals surface area contributed by atoms with E-state index in [0.717, 1.165) is 24.4 Å². The molecule has 2 atom stereocenters. The van der Waals surface area contributed by atoms with Gasteiger partial charge in [0.05, 0.1) is 24.3 Å². The van der Waals surface area contributed by atoms with E-state index in [0.29, 0.717) is 19.6 Å². The molecule has 0 amide bonds. The largest absolute Gasteiger partial charge is 0.379 e. The standard InChI is InChI=1S/C14H23N3O2/c1-4-10-6-11(17(5-2)16-10)7-13(18)14(3)9-19-8-12(14)15/h6,12H,4-5,7-9,15H2,1-3H3. The first-order chi connectivity index (χ1) is 9.01. The van der Waals surface area contributed by atoms with Crippen LogP contribution in [-0.4, -0.2) is 34.8 Å². The number of hydrogen-bond donors (Lipinski definition) is 1. The second kappa shape index (κ2) is 5.43. The predicted octanol–water partition coefficient (Wildman–Crippen LogP) is 0.941. The van der Waals surface area contributed by atoms with Crippen molar-refractivity contribution >= 4 is 5.78 Å². The maximum atomic E-state index is 12.5. The lowest BCUT2D eigenvalue weighted by Gasteiger charge is -2.25. The molecule has 5 heteroatoms. The molecule has 1 aromatic heterocycles. The third kappa shape index (κ3) is 2.58. The van der Waals surface area contributed by atoms with Crippen molar-refractivity contribution in [3.8, 4) is 0 Å². The van der Waals surface area contributed by atoms with E-state index in [1.165, 1.54) is 0 Å². The van der Waals surface area contributed by atoms with E-state index >= 15 is 0 Å². The maximum absolute atomic E-state index is 12.5. The highest BCUT2D eigenvalue weighted by molar-refractivity contribution is 5.87. The molecular weight excluding hydrogens is 242 g/mol. The Bertz CT molecular complexity index is 469. The van der Waals surface area contributed by atoms with Crippen molar-refractivity contribution in [1.82, 2.24) is 9.78 Å². The molecule has 0 bridgehead atoms. The van der Waals surface area contributed by atoms with Gasteiger partial charge in [0.15, 0.2) is 0 Å². The molecule has 0 saturated carbocycles. The van der Waals surface area contributed by atoms with Gasteiger partial charge in [0, 0.05) is 24.7 Å². The Morgan fingerprint density at radius 2 is 2.37 bits per heavy atom. The van der Waals surface area contributed by atoms with Gasteiger partial charge >= 0.3 is 0 Å². The minimum absolute atomic E-state index is 0.148. The maximum Gasteiger partial charge on any atom is 0.148 e. The van der Waals surface area contributed by atoms with Gasteiger partial charge < -0.3 is 10.5 Å². The molecular formula is C14H23N3O2. The number of hydrogen-bond acceptors (Lipinski definition) is 4. The van der Waals surface area contributed by atoms with Crippen LogP contribution in [0.1, 0.15) is 32.2 Å². The molecule has 1 aliphatic rings. The van der Waals surface area contributed by atoms with Crippen LogP contribution in [0.5, 0.6) is 0 Å². The summed E-state index contributed by atoms with van der Waals surface area (Å²) in [5.41, 5.74) is 7.45. The van der Waals surface area contributed by atoms with Crippen LogP contribution in [0.3, 0.4) is 0 Å². The zero-order valence-corrected chi connectivity index (χ0v) is 12.0. The van der Waals surface area contributed by atoms with Gasteiger partial charge in [-0.3, -0.25) is 9.48 Å². The number of aryl methyl sites for hydroxylation is 2. The van der Waals surface area contributed by atoms with E-state index in [1.54, 1.807) is 0 Å². The first-order valence-corrected chi connectivity index (χ1v) is 6.93. The number of carbonyl (C=O) groups excluding carboxylic acids is 1. The van der Waals surface area contributed by atoms with Gasteiger partial charge in [-0.05, 0) is 26.3 Å². The van der Waals surface area contributed by atoms with E-state index < -0.39 is 5.41 Å². The van der Waals surface area contributed by atoms with Crippen molar-refractivity contribution < 1.29 is 9.53 Å². The summed E-state index contributed by atoms with van der Waals surface area (Å²) >= 11 is 0. The predicted molar refractivity (Wildman–Crippen MR) is 72.9 cm³/mol.